The van der Waals surface area contributed by atoms with E-state index in [1.807, 2.05) is 67.6 Å². The number of nitrogens with zero attached hydrogens (tertiary/aromatic N) is 2. The predicted molar refractivity (Wildman–Crippen MR) is 149 cm³/mol. The lowest BCUT2D eigenvalue weighted by Gasteiger charge is -2.36. The second-order valence-electron chi connectivity index (χ2n) is 8.87. The van der Waals surface area contributed by atoms with Crippen molar-refractivity contribution in [3.63, 3.8) is 0 Å². The smallest absolute Gasteiger partial charge is 0.323 e. The number of para-hydroxylation sites is 2. The Labute approximate surface area is 217 Å². The maximum atomic E-state index is 12.7. The van der Waals surface area contributed by atoms with Gasteiger partial charge in [-0.25, -0.2) is 9.59 Å². The lowest BCUT2D eigenvalue weighted by atomic mass is 10.1. The fourth-order valence-corrected chi connectivity index (χ4v) is 4.58. The van der Waals surface area contributed by atoms with Crippen molar-refractivity contribution >= 4 is 46.4 Å². The van der Waals surface area contributed by atoms with Gasteiger partial charge in [0.1, 0.15) is 0 Å². The first kappa shape index (κ1) is 25.4. The van der Waals surface area contributed by atoms with E-state index in [9.17, 15) is 9.59 Å². The molecule has 0 radical (unpaired) electrons. The lowest BCUT2D eigenvalue weighted by Crippen LogP contribution is -2.50. The van der Waals surface area contributed by atoms with E-state index in [-0.39, 0.29) is 12.1 Å². The summed E-state index contributed by atoms with van der Waals surface area (Å²) in [6.07, 6.45) is 1.93. The van der Waals surface area contributed by atoms with Gasteiger partial charge in [-0.15, -0.1) is 0 Å². The minimum atomic E-state index is -0.264. The third-order valence-corrected chi connectivity index (χ3v) is 6.61. The Morgan fingerprint density at radius 1 is 0.861 bits per heavy atom. The summed E-state index contributed by atoms with van der Waals surface area (Å²) in [6, 6.07) is 20.8. The molecule has 4 rings (SSSR count). The van der Waals surface area contributed by atoms with Crippen molar-refractivity contribution in [3.8, 4) is 0 Å². The Balaban J connectivity index is 1.28. The number of anilines is 4. The summed E-state index contributed by atoms with van der Waals surface area (Å²) in [5, 5.41) is 9.34. The van der Waals surface area contributed by atoms with Gasteiger partial charge in [-0.3, -0.25) is 0 Å². The van der Waals surface area contributed by atoms with Crippen molar-refractivity contribution in [3.05, 3.63) is 82.9 Å². The van der Waals surface area contributed by atoms with Crippen molar-refractivity contribution in [2.75, 3.05) is 47.0 Å². The number of rotatable bonds is 6. The molecular formula is C28H32ClN5O2. The van der Waals surface area contributed by atoms with E-state index in [0.717, 1.165) is 54.1 Å². The number of carbonyl (C=O) groups is 2. The van der Waals surface area contributed by atoms with Crippen LogP contribution in [0, 0.1) is 6.92 Å². The summed E-state index contributed by atoms with van der Waals surface area (Å²) in [5.41, 5.74) is 5.32. The Kier molecular flexibility index (Phi) is 8.33. The normalized spacial score (nSPS) is 13.3. The van der Waals surface area contributed by atoms with Gasteiger partial charge in [0, 0.05) is 43.2 Å². The Morgan fingerprint density at radius 2 is 1.58 bits per heavy atom. The average Bonchev–Trinajstić information content (AvgIpc) is 2.88. The van der Waals surface area contributed by atoms with E-state index < -0.39 is 0 Å². The first-order chi connectivity index (χ1) is 17.4. The quantitative estimate of drug-likeness (QED) is 0.353. The molecule has 7 nitrogen and oxygen atoms in total. The van der Waals surface area contributed by atoms with Crippen LogP contribution in [0.25, 0.3) is 0 Å². The molecule has 188 valence electrons. The van der Waals surface area contributed by atoms with E-state index in [2.05, 4.69) is 27.8 Å². The molecule has 4 amide bonds. The maximum Gasteiger partial charge on any atom is 0.323 e. The van der Waals surface area contributed by atoms with Crippen LogP contribution in [0.3, 0.4) is 0 Å². The number of hydrogen-bond acceptors (Lipinski definition) is 3. The van der Waals surface area contributed by atoms with Crippen LogP contribution in [0.4, 0.5) is 32.3 Å². The second-order valence-corrected chi connectivity index (χ2v) is 9.28. The van der Waals surface area contributed by atoms with Crippen molar-refractivity contribution in [2.45, 2.75) is 26.7 Å². The molecular weight excluding hydrogens is 474 g/mol. The summed E-state index contributed by atoms with van der Waals surface area (Å²) in [6.45, 7) is 6.69. The first-order valence-corrected chi connectivity index (χ1v) is 12.6. The topological polar surface area (TPSA) is 76.7 Å². The molecule has 1 heterocycles. The first-order valence-electron chi connectivity index (χ1n) is 12.3. The van der Waals surface area contributed by atoms with Gasteiger partial charge in [0.2, 0.25) is 0 Å². The molecule has 1 fully saturated rings. The van der Waals surface area contributed by atoms with Gasteiger partial charge in [-0.05, 0) is 60.9 Å². The highest BCUT2D eigenvalue weighted by Crippen LogP contribution is 2.26. The lowest BCUT2D eigenvalue weighted by molar-refractivity contribution is 0.208. The van der Waals surface area contributed by atoms with Gasteiger partial charge >= 0.3 is 12.1 Å². The van der Waals surface area contributed by atoms with Gasteiger partial charge in [-0.2, -0.15) is 0 Å². The largest absolute Gasteiger partial charge is 0.368 e. The number of piperazine rings is 1. The average molecular weight is 506 g/mol. The van der Waals surface area contributed by atoms with Crippen LogP contribution in [0.15, 0.2) is 66.7 Å². The maximum absolute atomic E-state index is 12.7. The molecule has 0 aromatic heterocycles. The third-order valence-electron chi connectivity index (χ3n) is 6.30. The Morgan fingerprint density at radius 3 is 2.28 bits per heavy atom. The second kappa shape index (κ2) is 11.8. The van der Waals surface area contributed by atoms with Crippen LogP contribution in [0.5, 0.6) is 0 Å². The van der Waals surface area contributed by atoms with Gasteiger partial charge in [-0.1, -0.05) is 55.3 Å². The fourth-order valence-electron chi connectivity index (χ4n) is 4.31. The van der Waals surface area contributed by atoms with Crippen molar-refractivity contribution < 1.29 is 9.59 Å². The summed E-state index contributed by atoms with van der Waals surface area (Å²) < 4.78 is 0. The molecule has 1 saturated heterocycles. The van der Waals surface area contributed by atoms with Crippen LogP contribution >= 0.6 is 11.6 Å². The van der Waals surface area contributed by atoms with Gasteiger partial charge < -0.3 is 25.8 Å². The van der Waals surface area contributed by atoms with E-state index in [1.54, 1.807) is 11.0 Å². The number of hydrogen-bond donors (Lipinski definition) is 3. The number of benzene rings is 3. The minimum absolute atomic E-state index is 0.142. The van der Waals surface area contributed by atoms with E-state index in [0.29, 0.717) is 23.8 Å². The fraction of sp³-hybridized carbons (Fsp3) is 0.286. The Bertz CT molecular complexity index is 1190. The molecule has 3 aromatic carbocycles. The zero-order chi connectivity index (χ0) is 25.5. The molecule has 1 aliphatic heterocycles. The molecule has 0 saturated carbocycles. The van der Waals surface area contributed by atoms with Crippen LogP contribution in [-0.2, 0) is 6.42 Å². The highest BCUT2D eigenvalue weighted by molar-refractivity contribution is 6.33. The van der Waals surface area contributed by atoms with Gasteiger partial charge in [0.05, 0.1) is 10.7 Å². The highest BCUT2D eigenvalue weighted by Gasteiger charge is 2.22. The number of halogens is 1. The molecule has 3 aromatic rings. The summed E-state index contributed by atoms with van der Waals surface area (Å²) in [7, 11) is 0. The van der Waals surface area contributed by atoms with Crippen LogP contribution in [0.1, 0.15) is 24.5 Å². The molecule has 1 aliphatic rings. The summed E-state index contributed by atoms with van der Waals surface area (Å²) in [4.78, 5) is 29.3. The highest BCUT2D eigenvalue weighted by atomic mass is 35.5. The third kappa shape index (κ3) is 6.29. The molecule has 0 bridgehead atoms. The Hall–Kier alpha value is -3.71. The van der Waals surface area contributed by atoms with Crippen LogP contribution in [-0.4, -0.2) is 43.1 Å². The zero-order valence-corrected chi connectivity index (χ0v) is 21.4. The monoisotopic (exact) mass is 505 g/mol. The standard InChI is InChI=1S/C28H32ClN5O2/c1-3-7-21-9-4-5-11-25(21)31-27(35)30-22-12-14-23(15-13-22)33-16-18-34(19-17-33)28(36)32-26-20(2)8-6-10-24(26)29/h4-6,8-15H,3,7,16-19H2,1-2H3,(H,32,36)(H2,30,31,35). The molecule has 3 N–H and O–H groups in total. The molecule has 0 atom stereocenters. The molecule has 0 aliphatic carbocycles. The SMILES string of the molecule is CCCc1ccccc1NC(=O)Nc1ccc(N2CCN(C(=O)Nc3c(C)cccc3Cl)CC2)cc1. The number of amides is 4. The van der Waals surface area contributed by atoms with Crippen LogP contribution < -0.4 is 20.9 Å². The van der Waals surface area contributed by atoms with Gasteiger partial charge in [0.25, 0.3) is 0 Å². The van der Waals surface area contributed by atoms with Gasteiger partial charge in [0.15, 0.2) is 0 Å². The zero-order valence-electron chi connectivity index (χ0n) is 20.7. The van der Waals surface area contributed by atoms with E-state index in [1.165, 1.54) is 0 Å². The molecule has 8 heteroatoms. The summed E-state index contributed by atoms with van der Waals surface area (Å²) in [5.74, 6) is 0. The number of urea groups is 2. The molecule has 0 unspecified atom stereocenters. The number of carbonyl (C=O) groups excluding carboxylic acids is 2. The molecule has 36 heavy (non-hydrogen) atoms. The number of aryl methyl sites for hydroxylation is 2. The van der Waals surface area contributed by atoms with E-state index in [4.69, 9.17) is 11.6 Å². The number of nitrogens with one attached hydrogen (secondary N) is 3. The predicted octanol–water partition coefficient (Wildman–Crippen LogP) is 6.60. The van der Waals surface area contributed by atoms with Crippen molar-refractivity contribution in [1.82, 2.24) is 4.90 Å². The summed E-state index contributed by atoms with van der Waals surface area (Å²) >= 11 is 6.25. The minimum Gasteiger partial charge on any atom is -0.368 e. The van der Waals surface area contributed by atoms with E-state index >= 15 is 0 Å². The van der Waals surface area contributed by atoms with Crippen molar-refractivity contribution in [1.29, 1.82) is 0 Å². The van der Waals surface area contributed by atoms with Crippen molar-refractivity contribution in [2.24, 2.45) is 0 Å². The molecule has 0 spiro atoms. The van der Waals surface area contributed by atoms with Crippen LogP contribution in [0.2, 0.25) is 5.02 Å².